The number of amides is 1. The maximum absolute atomic E-state index is 12.0. The zero-order valence-electron chi connectivity index (χ0n) is 13.9. The molecule has 128 valence electrons. The second-order valence-electron chi connectivity index (χ2n) is 6.32. The first kappa shape index (κ1) is 17.9. The zero-order chi connectivity index (χ0) is 16.9. The van der Waals surface area contributed by atoms with Crippen molar-refractivity contribution in [3.63, 3.8) is 0 Å². The van der Waals surface area contributed by atoms with Crippen LogP contribution in [0.25, 0.3) is 0 Å². The number of hydrogen-bond acceptors (Lipinski definition) is 4. The van der Waals surface area contributed by atoms with Gasteiger partial charge >= 0.3 is 0 Å². The molecule has 0 unspecified atom stereocenters. The largest absolute Gasteiger partial charge is 0.353 e. The molecule has 0 aliphatic carbocycles. The predicted octanol–water partition coefficient (Wildman–Crippen LogP) is 1.59. The number of nitrogens with zero attached hydrogens (tertiary/aromatic N) is 1. The lowest BCUT2D eigenvalue weighted by Crippen LogP contribution is -2.48. The Bertz CT molecular complexity index is 616. The van der Waals surface area contributed by atoms with Crippen LogP contribution in [0.15, 0.2) is 30.3 Å². The molecule has 0 spiro atoms. The summed E-state index contributed by atoms with van der Waals surface area (Å²) in [7, 11) is -3.34. The summed E-state index contributed by atoms with van der Waals surface area (Å²) in [6.45, 7) is 3.82. The molecule has 2 atom stereocenters. The molecule has 1 fully saturated rings. The summed E-state index contributed by atoms with van der Waals surface area (Å²) in [5, 5.41) is 1.82. The van der Waals surface area contributed by atoms with Crippen LogP contribution in [0.3, 0.4) is 0 Å². The highest BCUT2D eigenvalue weighted by atomic mass is 32.2. The molecule has 1 heterocycles. The highest BCUT2D eigenvalue weighted by molar-refractivity contribution is 7.92. The van der Waals surface area contributed by atoms with Crippen molar-refractivity contribution >= 4 is 15.7 Å². The van der Waals surface area contributed by atoms with Crippen LogP contribution in [0.4, 0.5) is 0 Å². The van der Waals surface area contributed by atoms with Gasteiger partial charge in [0.2, 0.25) is 5.91 Å². The summed E-state index contributed by atoms with van der Waals surface area (Å²) in [4.78, 5) is 14.4. The minimum Gasteiger partial charge on any atom is -0.353 e. The minimum absolute atomic E-state index is 0.264. The Kier molecular flexibility index (Phi) is 6.18. The van der Waals surface area contributed by atoms with Gasteiger partial charge in [0.05, 0.1) is 0 Å². The summed E-state index contributed by atoms with van der Waals surface area (Å²) in [6.07, 6.45) is 4.43. The van der Waals surface area contributed by atoms with Crippen LogP contribution in [-0.2, 0) is 21.2 Å². The van der Waals surface area contributed by atoms with E-state index in [1.165, 1.54) is 12.5 Å². The SMILES string of the molecule is C[C@@H](C(=O)NC[C@H]1CCCCN1Cc1ccccc1)S(C)(=O)=O. The van der Waals surface area contributed by atoms with Crippen LogP contribution >= 0.6 is 0 Å². The molecule has 0 saturated carbocycles. The fourth-order valence-corrected chi connectivity index (χ4v) is 3.35. The number of carbonyl (C=O) groups is 1. The maximum atomic E-state index is 12.0. The number of piperidine rings is 1. The van der Waals surface area contributed by atoms with Gasteiger partial charge in [0.25, 0.3) is 0 Å². The Balaban J connectivity index is 1.92. The lowest BCUT2D eigenvalue weighted by molar-refractivity contribution is -0.120. The quantitative estimate of drug-likeness (QED) is 0.855. The maximum Gasteiger partial charge on any atom is 0.238 e. The summed E-state index contributed by atoms with van der Waals surface area (Å²) < 4.78 is 22.9. The minimum atomic E-state index is -3.34. The van der Waals surface area contributed by atoms with E-state index >= 15 is 0 Å². The number of nitrogens with one attached hydrogen (secondary N) is 1. The van der Waals surface area contributed by atoms with Crippen LogP contribution in [0.2, 0.25) is 0 Å². The van der Waals surface area contributed by atoms with Crippen molar-refractivity contribution in [2.45, 2.75) is 44.0 Å². The Morgan fingerprint density at radius 2 is 2.00 bits per heavy atom. The number of benzene rings is 1. The first-order valence-corrected chi connectivity index (χ1v) is 10.1. The van der Waals surface area contributed by atoms with Crippen molar-refractivity contribution in [1.29, 1.82) is 0 Å². The van der Waals surface area contributed by atoms with Gasteiger partial charge in [-0.1, -0.05) is 36.8 Å². The summed E-state index contributed by atoms with van der Waals surface area (Å²) in [5.74, 6) is -0.405. The van der Waals surface area contributed by atoms with E-state index in [1.807, 2.05) is 18.2 Å². The molecule has 5 nitrogen and oxygen atoms in total. The van der Waals surface area contributed by atoms with E-state index in [9.17, 15) is 13.2 Å². The zero-order valence-corrected chi connectivity index (χ0v) is 14.7. The second-order valence-corrected chi connectivity index (χ2v) is 8.69. The van der Waals surface area contributed by atoms with E-state index in [2.05, 4.69) is 22.3 Å². The number of likely N-dealkylation sites (tertiary alicyclic amines) is 1. The molecule has 1 aliphatic heterocycles. The number of sulfone groups is 1. The molecule has 0 bridgehead atoms. The van der Waals surface area contributed by atoms with Crippen LogP contribution in [0.5, 0.6) is 0 Å². The smallest absolute Gasteiger partial charge is 0.238 e. The van der Waals surface area contributed by atoms with Crippen molar-refractivity contribution in [2.75, 3.05) is 19.3 Å². The summed E-state index contributed by atoms with van der Waals surface area (Å²) in [6, 6.07) is 10.5. The first-order valence-electron chi connectivity index (χ1n) is 8.12. The third-order valence-corrected chi connectivity index (χ3v) is 6.00. The van der Waals surface area contributed by atoms with Gasteiger partial charge in [-0.3, -0.25) is 9.69 Å². The summed E-state index contributed by atoms with van der Waals surface area (Å²) in [5.41, 5.74) is 1.26. The van der Waals surface area contributed by atoms with Crippen molar-refractivity contribution in [3.05, 3.63) is 35.9 Å². The molecule has 1 aromatic carbocycles. The molecule has 2 rings (SSSR count). The molecular weight excluding hydrogens is 312 g/mol. The highest BCUT2D eigenvalue weighted by Crippen LogP contribution is 2.19. The van der Waals surface area contributed by atoms with Gasteiger partial charge in [0, 0.05) is 25.4 Å². The lowest BCUT2D eigenvalue weighted by Gasteiger charge is -2.36. The van der Waals surface area contributed by atoms with Crippen LogP contribution in [0.1, 0.15) is 31.7 Å². The average molecular weight is 338 g/mol. The van der Waals surface area contributed by atoms with Gasteiger partial charge in [-0.15, -0.1) is 0 Å². The van der Waals surface area contributed by atoms with E-state index in [4.69, 9.17) is 0 Å². The molecule has 1 amide bonds. The normalized spacial score (nSPS) is 20.9. The third kappa shape index (κ3) is 5.32. The lowest BCUT2D eigenvalue weighted by atomic mass is 10.0. The number of hydrogen-bond donors (Lipinski definition) is 1. The average Bonchev–Trinajstić information content (AvgIpc) is 2.53. The molecule has 1 saturated heterocycles. The van der Waals surface area contributed by atoms with Crippen molar-refractivity contribution in [2.24, 2.45) is 0 Å². The Morgan fingerprint density at radius 1 is 1.30 bits per heavy atom. The fourth-order valence-electron chi connectivity index (χ4n) is 2.87. The molecule has 1 N–H and O–H groups in total. The molecular formula is C17H26N2O3S. The molecule has 0 radical (unpaired) electrons. The highest BCUT2D eigenvalue weighted by Gasteiger charge is 2.26. The van der Waals surface area contributed by atoms with Gasteiger partial charge in [-0.2, -0.15) is 0 Å². The van der Waals surface area contributed by atoms with E-state index < -0.39 is 21.0 Å². The third-order valence-electron chi connectivity index (χ3n) is 4.50. The molecule has 6 heteroatoms. The van der Waals surface area contributed by atoms with Crippen molar-refractivity contribution in [3.8, 4) is 0 Å². The molecule has 23 heavy (non-hydrogen) atoms. The second kappa shape index (κ2) is 7.93. The van der Waals surface area contributed by atoms with Crippen LogP contribution in [-0.4, -0.2) is 49.9 Å². The summed E-state index contributed by atoms with van der Waals surface area (Å²) >= 11 is 0. The van der Waals surface area contributed by atoms with E-state index in [0.717, 1.165) is 38.6 Å². The van der Waals surface area contributed by atoms with Crippen molar-refractivity contribution in [1.82, 2.24) is 10.2 Å². The standard InChI is InChI=1S/C17H26N2O3S/c1-14(23(2,21)22)17(20)18-12-16-10-6-7-11-19(16)13-15-8-4-3-5-9-15/h3-5,8-9,14,16H,6-7,10-13H2,1-2H3,(H,18,20)/t14-,16+/m0/s1. The molecule has 1 aromatic rings. The Labute approximate surface area is 139 Å². The first-order chi connectivity index (χ1) is 10.9. The topological polar surface area (TPSA) is 66.5 Å². The number of carbonyl (C=O) groups excluding carboxylic acids is 1. The molecule has 1 aliphatic rings. The molecule has 0 aromatic heterocycles. The van der Waals surface area contributed by atoms with Gasteiger partial charge in [0.1, 0.15) is 5.25 Å². The number of rotatable bonds is 6. The van der Waals surface area contributed by atoms with E-state index in [-0.39, 0.29) is 6.04 Å². The van der Waals surface area contributed by atoms with Gasteiger partial charge in [-0.05, 0) is 31.9 Å². The van der Waals surface area contributed by atoms with Crippen LogP contribution in [0, 0.1) is 0 Å². The van der Waals surface area contributed by atoms with Gasteiger partial charge < -0.3 is 5.32 Å². The van der Waals surface area contributed by atoms with Crippen molar-refractivity contribution < 1.29 is 13.2 Å². The Morgan fingerprint density at radius 3 is 2.65 bits per heavy atom. The van der Waals surface area contributed by atoms with E-state index in [1.54, 1.807) is 0 Å². The van der Waals surface area contributed by atoms with Crippen LogP contribution < -0.4 is 5.32 Å². The van der Waals surface area contributed by atoms with E-state index in [0.29, 0.717) is 6.54 Å². The van der Waals surface area contributed by atoms with Gasteiger partial charge in [0.15, 0.2) is 9.84 Å². The van der Waals surface area contributed by atoms with Gasteiger partial charge in [-0.25, -0.2) is 8.42 Å². The fraction of sp³-hybridized carbons (Fsp3) is 0.588. The predicted molar refractivity (Wildman–Crippen MR) is 91.8 cm³/mol. The Hall–Kier alpha value is -1.40. The monoisotopic (exact) mass is 338 g/mol.